The third kappa shape index (κ3) is 0.662. The second-order valence-electron chi connectivity index (χ2n) is 2.64. The fourth-order valence-corrected chi connectivity index (χ4v) is 1.44. The highest BCUT2D eigenvalue weighted by Crippen LogP contribution is 2.45. The molecule has 0 heterocycles. The van der Waals surface area contributed by atoms with E-state index in [-0.39, 0.29) is 6.04 Å². The molecule has 2 atom stereocenters. The van der Waals surface area contributed by atoms with E-state index >= 15 is 0 Å². The van der Waals surface area contributed by atoms with Crippen LogP contribution in [0.3, 0.4) is 0 Å². The maximum atomic E-state index is 9.86. The molecule has 0 aliphatic heterocycles. The largest absolute Gasteiger partial charge is 0.235 e. The average Bonchev–Trinajstić information content (AvgIpc) is 2.66. The Morgan fingerprint density at radius 2 is 1.80 bits per heavy atom. The first-order valence-corrected chi connectivity index (χ1v) is 3.35. The summed E-state index contributed by atoms with van der Waals surface area (Å²) in [5.74, 6) is 0.984. The van der Waals surface area contributed by atoms with Gasteiger partial charge in [0.2, 0.25) is 6.08 Å². The zero-order valence-corrected chi connectivity index (χ0v) is 5.40. The van der Waals surface area contributed by atoms with Crippen molar-refractivity contribution in [3.63, 3.8) is 0 Å². The topological polar surface area (TPSA) is 29.4 Å². The lowest BCUT2D eigenvalue weighted by Crippen LogP contribution is -1.77. The summed E-state index contributed by atoms with van der Waals surface area (Å²) in [4.78, 5) is 13.5. The molecule has 1 saturated carbocycles. The molecule has 2 aliphatic rings. The molecule has 0 amide bonds. The van der Waals surface area contributed by atoms with Crippen LogP contribution in [0.25, 0.3) is 0 Å². The SMILES string of the molecule is O=C=NC1C2C=CC=CC21. The van der Waals surface area contributed by atoms with Gasteiger partial charge in [-0.2, -0.15) is 0 Å². The molecule has 50 valence electrons. The third-order valence-corrected chi connectivity index (χ3v) is 2.07. The van der Waals surface area contributed by atoms with E-state index in [4.69, 9.17) is 0 Å². The number of allylic oxidation sites excluding steroid dienone is 2. The van der Waals surface area contributed by atoms with Crippen LogP contribution in [0, 0.1) is 11.8 Å². The van der Waals surface area contributed by atoms with Crippen molar-refractivity contribution in [2.45, 2.75) is 6.04 Å². The van der Waals surface area contributed by atoms with Gasteiger partial charge in [0.25, 0.3) is 0 Å². The summed E-state index contributed by atoms with van der Waals surface area (Å²) in [6.45, 7) is 0. The highest BCUT2D eigenvalue weighted by molar-refractivity contribution is 5.38. The van der Waals surface area contributed by atoms with Gasteiger partial charge < -0.3 is 0 Å². The second kappa shape index (κ2) is 1.93. The predicted molar refractivity (Wildman–Crippen MR) is 37.2 cm³/mol. The minimum absolute atomic E-state index is 0.201. The van der Waals surface area contributed by atoms with Crippen molar-refractivity contribution in [2.75, 3.05) is 0 Å². The Morgan fingerprint density at radius 1 is 1.20 bits per heavy atom. The van der Waals surface area contributed by atoms with E-state index in [2.05, 4.69) is 17.1 Å². The summed E-state index contributed by atoms with van der Waals surface area (Å²) < 4.78 is 0. The van der Waals surface area contributed by atoms with Gasteiger partial charge in [-0.1, -0.05) is 24.3 Å². The first-order chi connectivity index (χ1) is 4.93. The molecule has 0 aromatic heterocycles. The van der Waals surface area contributed by atoms with E-state index < -0.39 is 0 Å². The van der Waals surface area contributed by atoms with Gasteiger partial charge in [0.05, 0.1) is 6.04 Å². The molecule has 2 unspecified atom stereocenters. The first kappa shape index (κ1) is 5.63. The molecule has 0 aromatic carbocycles. The van der Waals surface area contributed by atoms with E-state index in [1.54, 1.807) is 6.08 Å². The van der Waals surface area contributed by atoms with Crippen LogP contribution >= 0.6 is 0 Å². The zero-order chi connectivity index (χ0) is 6.97. The number of isocyanates is 1. The van der Waals surface area contributed by atoms with Gasteiger partial charge in [0, 0.05) is 11.8 Å². The van der Waals surface area contributed by atoms with Crippen LogP contribution in [0.4, 0.5) is 0 Å². The number of aliphatic imine (C=N–C) groups is 1. The predicted octanol–water partition coefficient (Wildman–Crippen LogP) is 1.06. The van der Waals surface area contributed by atoms with Crippen molar-refractivity contribution < 1.29 is 4.79 Å². The van der Waals surface area contributed by atoms with Crippen molar-refractivity contribution in [3.05, 3.63) is 24.3 Å². The van der Waals surface area contributed by atoms with Gasteiger partial charge in [-0.3, -0.25) is 0 Å². The molecule has 2 aliphatic carbocycles. The monoisotopic (exact) mass is 133 g/mol. The van der Waals surface area contributed by atoms with Crippen LogP contribution in [-0.2, 0) is 4.79 Å². The smallest absolute Gasteiger partial charge is 0.211 e. The molecule has 2 nitrogen and oxygen atoms in total. The molecule has 0 spiro atoms. The lowest BCUT2D eigenvalue weighted by Gasteiger charge is -1.86. The van der Waals surface area contributed by atoms with Crippen LogP contribution in [0.15, 0.2) is 29.3 Å². The molecule has 0 bridgehead atoms. The number of hydrogen-bond donors (Lipinski definition) is 0. The van der Waals surface area contributed by atoms with Gasteiger partial charge in [0.15, 0.2) is 0 Å². The maximum absolute atomic E-state index is 9.86. The van der Waals surface area contributed by atoms with Gasteiger partial charge in [-0.05, 0) is 0 Å². The van der Waals surface area contributed by atoms with Crippen LogP contribution in [0.2, 0.25) is 0 Å². The van der Waals surface area contributed by atoms with Gasteiger partial charge in [0.1, 0.15) is 0 Å². The molecule has 2 heteroatoms. The lowest BCUT2D eigenvalue weighted by molar-refractivity contribution is 0.562. The van der Waals surface area contributed by atoms with Crippen molar-refractivity contribution in [1.82, 2.24) is 0 Å². The van der Waals surface area contributed by atoms with Crippen molar-refractivity contribution in [1.29, 1.82) is 0 Å². The van der Waals surface area contributed by atoms with Gasteiger partial charge in [-0.15, -0.1) is 0 Å². The molecule has 0 aromatic rings. The highest BCUT2D eigenvalue weighted by atomic mass is 16.1. The molecular formula is C8H7NO. The minimum atomic E-state index is 0.201. The molecule has 1 fully saturated rings. The molecular weight excluding hydrogens is 126 g/mol. The molecule has 0 radical (unpaired) electrons. The number of rotatable bonds is 1. The minimum Gasteiger partial charge on any atom is -0.211 e. The van der Waals surface area contributed by atoms with Crippen LogP contribution < -0.4 is 0 Å². The van der Waals surface area contributed by atoms with Crippen LogP contribution in [0.5, 0.6) is 0 Å². The van der Waals surface area contributed by atoms with Gasteiger partial charge in [-0.25, -0.2) is 9.79 Å². The van der Waals surface area contributed by atoms with E-state index in [1.807, 2.05) is 12.2 Å². The fourth-order valence-electron chi connectivity index (χ4n) is 1.44. The third-order valence-electron chi connectivity index (χ3n) is 2.07. The summed E-state index contributed by atoms with van der Waals surface area (Å²) >= 11 is 0. The Morgan fingerprint density at radius 3 is 2.30 bits per heavy atom. The van der Waals surface area contributed by atoms with E-state index in [9.17, 15) is 4.79 Å². The molecule has 2 rings (SSSR count). The number of fused-ring (bicyclic) bond motifs is 1. The number of carbonyl (C=O) groups excluding carboxylic acids is 1. The Hall–Kier alpha value is -1.14. The zero-order valence-electron chi connectivity index (χ0n) is 5.40. The van der Waals surface area contributed by atoms with Crippen LogP contribution in [-0.4, -0.2) is 12.1 Å². The average molecular weight is 133 g/mol. The summed E-state index contributed by atoms with van der Waals surface area (Å²) in [7, 11) is 0. The summed E-state index contributed by atoms with van der Waals surface area (Å²) in [6, 6.07) is 0.201. The van der Waals surface area contributed by atoms with Crippen molar-refractivity contribution in [2.24, 2.45) is 16.8 Å². The number of hydrogen-bond acceptors (Lipinski definition) is 2. The summed E-state index contributed by atoms with van der Waals surface area (Å²) in [5.41, 5.74) is 0. The molecule has 0 saturated heterocycles. The Bertz CT molecular complexity index is 230. The standard InChI is InChI=1S/C8H7NO/c10-5-9-8-6-3-1-2-4-7(6)8/h1-4,6-8H. The Kier molecular flexibility index (Phi) is 1.08. The fraction of sp³-hybridized carbons (Fsp3) is 0.375. The van der Waals surface area contributed by atoms with Crippen molar-refractivity contribution in [3.8, 4) is 0 Å². The Labute approximate surface area is 59.0 Å². The van der Waals surface area contributed by atoms with E-state index in [0.717, 1.165) is 0 Å². The number of nitrogens with zero attached hydrogens (tertiary/aromatic N) is 1. The second-order valence-corrected chi connectivity index (χ2v) is 2.64. The quantitative estimate of drug-likeness (QED) is 0.388. The highest BCUT2D eigenvalue weighted by Gasteiger charge is 2.47. The van der Waals surface area contributed by atoms with Crippen molar-refractivity contribution >= 4 is 6.08 Å². The van der Waals surface area contributed by atoms with E-state index in [0.29, 0.717) is 11.8 Å². The molecule has 0 N–H and O–H groups in total. The van der Waals surface area contributed by atoms with E-state index in [1.165, 1.54) is 0 Å². The van der Waals surface area contributed by atoms with Gasteiger partial charge >= 0.3 is 0 Å². The summed E-state index contributed by atoms with van der Waals surface area (Å²) in [6.07, 6.45) is 9.78. The molecule has 10 heavy (non-hydrogen) atoms. The maximum Gasteiger partial charge on any atom is 0.235 e. The summed E-state index contributed by atoms with van der Waals surface area (Å²) in [5, 5.41) is 0. The van der Waals surface area contributed by atoms with Crippen LogP contribution in [0.1, 0.15) is 0 Å². The Balaban J connectivity index is 2.15. The lowest BCUT2D eigenvalue weighted by atomic mass is 10.2. The normalized spacial score (nSPS) is 40.2. The first-order valence-electron chi connectivity index (χ1n) is 3.35.